The van der Waals surface area contributed by atoms with Gasteiger partial charge in [0.1, 0.15) is 0 Å². The lowest BCUT2D eigenvalue weighted by atomic mass is 10.2. The Kier molecular flexibility index (Phi) is 4.60. The summed E-state index contributed by atoms with van der Waals surface area (Å²) in [5, 5.41) is 12.2. The van der Waals surface area contributed by atoms with E-state index >= 15 is 0 Å². The molecule has 0 aliphatic rings. The molecule has 62 valence electrons. The highest BCUT2D eigenvalue weighted by molar-refractivity contribution is 4.71. The number of hydrogen-bond acceptors (Lipinski definition) is 3. The van der Waals surface area contributed by atoms with Gasteiger partial charge >= 0.3 is 0 Å². The molecule has 0 heterocycles. The van der Waals surface area contributed by atoms with Crippen molar-refractivity contribution in [3.8, 4) is 0 Å². The number of hydrogen-bond donors (Lipinski definition) is 3. The molecule has 10 heavy (non-hydrogen) atoms. The Morgan fingerprint density at radius 1 is 1.40 bits per heavy atom. The first kappa shape index (κ1) is 9.88. The van der Waals surface area contributed by atoms with Crippen LogP contribution in [0, 0.1) is 0 Å². The van der Waals surface area contributed by atoms with E-state index in [0.29, 0.717) is 6.54 Å². The van der Waals surface area contributed by atoms with Crippen molar-refractivity contribution in [2.45, 2.75) is 39.0 Å². The minimum Gasteiger partial charge on any atom is -0.392 e. The molecular weight excluding hydrogens is 128 g/mol. The third kappa shape index (κ3) is 3.82. The molecule has 0 amide bonds. The van der Waals surface area contributed by atoms with Crippen molar-refractivity contribution >= 4 is 0 Å². The summed E-state index contributed by atoms with van der Waals surface area (Å²) in [5.41, 5.74) is 5.38. The predicted molar refractivity (Wildman–Crippen MR) is 42.8 cm³/mol. The Morgan fingerprint density at radius 3 is 2.20 bits per heavy atom. The van der Waals surface area contributed by atoms with Crippen molar-refractivity contribution in [3.63, 3.8) is 0 Å². The van der Waals surface area contributed by atoms with Crippen LogP contribution in [0.5, 0.6) is 0 Å². The smallest absolute Gasteiger partial charge is 0.0662 e. The molecule has 0 spiro atoms. The number of aliphatic hydroxyl groups is 1. The van der Waals surface area contributed by atoms with Crippen LogP contribution in [-0.2, 0) is 0 Å². The van der Waals surface area contributed by atoms with Gasteiger partial charge in [-0.05, 0) is 20.8 Å². The molecular formula is C7H18N2O. The number of aliphatic hydroxyl groups excluding tert-OH is 1. The van der Waals surface area contributed by atoms with Crippen LogP contribution < -0.4 is 11.1 Å². The molecule has 0 bridgehead atoms. The normalized spacial score (nSPS) is 20.1. The first-order chi connectivity index (χ1) is 4.57. The second-order valence-electron chi connectivity index (χ2n) is 2.83. The summed E-state index contributed by atoms with van der Waals surface area (Å²) in [7, 11) is 0. The molecule has 4 N–H and O–H groups in total. The Hall–Kier alpha value is -0.120. The number of nitrogens with one attached hydrogen (secondary N) is 1. The first-order valence-corrected chi connectivity index (χ1v) is 3.72. The fourth-order valence-corrected chi connectivity index (χ4v) is 0.656. The number of nitrogens with two attached hydrogens (primary N) is 1. The molecule has 0 saturated carbocycles. The minimum atomic E-state index is -0.311. The van der Waals surface area contributed by atoms with Gasteiger partial charge in [-0.1, -0.05) is 0 Å². The van der Waals surface area contributed by atoms with E-state index < -0.39 is 0 Å². The molecule has 0 fully saturated rings. The monoisotopic (exact) mass is 146 g/mol. The average molecular weight is 146 g/mol. The fraction of sp³-hybridized carbons (Fsp3) is 1.00. The van der Waals surface area contributed by atoms with Crippen molar-refractivity contribution in [1.29, 1.82) is 0 Å². The van der Waals surface area contributed by atoms with E-state index in [0.717, 1.165) is 0 Å². The Balaban J connectivity index is 3.46. The molecule has 3 unspecified atom stereocenters. The van der Waals surface area contributed by atoms with Crippen molar-refractivity contribution in [2.75, 3.05) is 6.54 Å². The summed E-state index contributed by atoms with van der Waals surface area (Å²) < 4.78 is 0. The van der Waals surface area contributed by atoms with Crippen LogP contribution in [0.1, 0.15) is 20.8 Å². The van der Waals surface area contributed by atoms with Gasteiger partial charge in [0.2, 0.25) is 0 Å². The maximum Gasteiger partial charge on any atom is 0.0662 e. The summed E-state index contributed by atoms with van der Waals surface area (Å²) in [6.07, 6.45) is -0.311. The molecule has 0 radical (unpaired) electrons. The summed E-state index contributed by atoms with van der Waals surface area (Å²) >= 11 is 0. The molecule has 0 aromatic carbocycles. The molecule has 0 aromatic rings. The summed E-state index contributed by atoms with van der Waals surface area (Å²) in [5.74, 6) is 0. The molecule has 3 nitrogen and oxygen atoms in total. The lowest BCUT2D eigenvalue weighted by Crippen LogP contribution is -2.44. The molecule has 0 rings (SSSR count). The SMILES string of the molecule is CC(CN)NC(C)C(C)O. The van der Waals surface area contributed by atoms with Gasteiger partial charge in [0, 0.05) is 18.6 Å². The van der Waals surface area contributed by atoms with Gasteiger partial charge in [-0.3, -0.25) is 0 Å². The minimum absolute atomic E-state index is 0.124. The van der Waals surface area contributed by atoms with Crippen LogP contribution in [0.4, 0.5) is 0 Å². The van der Waals surface area contributed by atoms with Crippen LogP contribution in [-0.4, -0.2) is 29.8 Å². The highest BCUT2D eigenvalue weighted by Crippen LogP contribution is 1.91. The third-order valence-corrected chi connectivity index (χ3v) is 1.62. The number of rotatable bonds is 4. The Morgan fingerprint density at radius 2 is 1.90 bits per heavy atom. The van der Waals surface area contributed by atoms with Gasteiger partial charge in [0.15, 0.2) is 0 Å². The van der Waals surface area contributed by atoms with Gasteiger partial charge in [0.05, 0.1) is 6.10 Å². The van der Waals surface area contributed by atoms with Crippen LogP contribution in [0.15, 0.2) is 0 Å². The second-order valence-corrected chi connectivity index (χ2v) is 2.83. The maximum absolute atomic E-state index is 9.06. The van der Waals surface area contributed by atoms with Crippen LogP contribution >= 0.6 is 0 Å². The molecule has 0 aliphatic heterocycles. The van der Waals surface area contributed by atoms with Gasteiger partial charge in [0.25, 0.3) is 0 Å². The van der Waals surface area contributed by atoms with Crippen molar-refractivity contribution in [3.05, 3.63) is 0 Å². The Bertz CT molecular complexity index is 85.7. The summed E-state index contributed by atoms with van der Waals surface area (Å²) in [6.45, 7) is 6.31. The standard InChI is InChI=1S/C7H18N2O/c1-5(4-8)9-6(2)7(3)10/h5-7,9-10H,4,8H2,1-3H3. The van der Waals surface area contributed by atoms with Crippen LogP contribution in [0.2, 0.25) is 0 Å². The predicted octanol–water partition coefficient (Wildman–Crippen LogP) is -0.307. The van der Waals surface area contributed by atoms with E-state index in [1.54, 1.807) is 6.92 Å². The van der Waals surface area contributed by atoms with Gasteiger partial charge in [-0.2, -0.15) is 0 Å². The van der Waals surface area contributed by atoms with Gasteiger partial charge in [-0.25, -0.2) is 0 Å². The van der Waals surface area contributed by atoms with Crippen molar-refractivity contribution in [2.24, 2.45) is 5.73 Å². The van der Waals surface area contributed by atoms with E-state index in [1.165, 1.54) is 0 Å². The maximum atomic E-state index is 9.06. The van der Waals surface area contributed by atoms with E-state index in [2.05, 4.69) is 5.32 Å². The molecule has 3 atom stereocenters. The lowest BCUT2D eigenvalue weighted by molar-refractivity contribution is 0.147. The fourth-order valence-electron chi connectivity index (χ4n) is 0.656. The summed E-state index contributed by atoms with van der Waals surface area (Å²) in [4.78, 5) is 0. The zero-order chi connectivity index (χ0) is 8.15. The van der Waals surface area contributed by atoms with Gasteiger partial charge < -0.3 is 16.2 Å². The largest absolute Gasteiger partial charge is 0.392 e. The quantitative estimate of drug-likeness (QED) is 0.510. The summed E-state index contributed by atoms with van der Waals surface area (Å²) in [6, 6.07) is 0.406. The van der Waals surface area contributed by atoms with E-state index in [1.807, 2.05) is 13.8 Å². The van der Waals surface area contributed by atoms with E-state index in [4.69, 9.17) is 10.8 Å². The molecule has 0 aliphatic carbocycles. The second kappa shape index (κ2) is 4.66. The molecule has 0 aromatic heterocycles. The highest BCUT2D eigenvalue weighted by Gasteiger charge is 2.09. The van der Waals surface area contributed by atoms with E-state index in [-0.39, 0.29) is 18.2 Å². The first-order valence-electron chi connectivity index (χ1n) is 3.72. The zero-order valence-corrected chi connectivity index (χ0v) is 6.96. The zero-order valence-electron chi connectivity index (χ0n) is 6.96. The molecule has 3 heteroatoms. The Labute approximate surface area is 62.6 Å². The van der Waals surface area contributed by atoms with Crippen molar-refractivity contribution < 1.29 is 5.11 Å². The molecule has 0 saturated heterocycles. The topological polar surface area (TPSA) is 58.3 Å². The lowest BCUT2D eigenvalue weighted by Gasteiger charge is -2.20. The average Bonchev–Trinajstić information content (AvgIpc) is 1.87. The van der Waals surface area contributed by atoms with Crippen LogP contribution in [0.3, 0.4) is 0 Å². The van der Waals surface area contributed by atoms with E-state index in [9.17, 15) is 0 Å². The third-order valence-electron chi connectivity index (χ3n) is 1.62. The van der Waals surface area contributed by atoms with Gasteiger partial charge in [-0.15, -0.1) is 0 Å². The van der Waals surface area contributed by atoms with Crippen LogP contribution in [0.25, 0.3) is 0 Å². The highest BCUT2D eigenvalue weighted by atomic mass is 16.3. The van der Waals surface area contributed by atoms with Crippen molar-refractivity contribution in [1.82, 2.24) is 5.32 Å².